The maximum atomic E-state index is 13.6. The fourth-order valence-electron chi connectivity index (χ4n) is 3.54. The van der Waals surface area contributed by atoms with Crippen LogP contribution in [0.15, 0.2) is 71.6 Å². The third-order valence-electron chi connectivity index (χ3n) is 5.14. The molecule has 4 rings (SSSR count). The van der Waals surface area contributed by atoms with E-state index in [-0.39, 0.29) is 29.3 Å². The molecule has 0 aromatic heterocycles. The molecule has 1 aliphatic rings. The first-order chi connectivity index (χ1) is 14.8. The number of hydrogen-bond donors (Lipinski definition) is 2. The molecule has 1 aliphatic heterocycles. The van der Waals surface area contributed by atoms with Crippen LogP contribution >= 0.6 is 0 Å². The lowest BCUT2D eigenvalue weighted by atomic mass is 9.95. The van der Waals surface area contributed by atoms with Crippen molar-refractivity contribution in [2.75, 3.05) is 5.32 Å². The van der Waals surface area contributed by atoms with E-state index in [1.165, 1.54) is 0 Å². The smallest absolute Gasteiger partial charge is 0.244 e. The number of nitrogens with one attached hydrogen (secondary N) is 1. The Bertz CT molecular complexity index is 1250. The second-order valence-corrected chi connectivity index (χ2v) is 9.03. The number of halogens is 2. The first-order valence-corrected chi connectivity index (χ1v) is 10.8. The summed E-state index contributed by atoms with van der Waals surface area (Å²) in [5.41, 5.74) is 1.38. The summed E-state index contributed by atoms with van der Waals surface area (Å²) in [6.07, 6.45) is 0.0819. The van der Waals surface area contributed by atoms with Crippen molar-refractivity contribution >= 4 is 21.6 Å². The van der Waals surface area contributed by atoms with Gasteiger partial charge in [-0.05, 0) is 53.9 Å². The number of aromatic hydroxyl groups is 1. The molecule has 9 heteroatoms. The van der Waals surface area contributed by atoms with Crippen LogP contribution in [-0.2, 0) is 27.8 Å². The summed E-state index contributed by atoms with van der Waals surface area (Å²) in [4.78, 5) is 12.9. The maximum Gasteiger partial charge on any atom is 0.244 e. The van der Waals surface area contributed by atoms with Crippen LogP contribution in [0.2, 0.25) is 0 Å². The Morgan fingerprint density at radius 3 is 2.32 bits per heavy atom. The van der Waals surface area contributed by atoms with E-state index in [1.54, 1.807) is 24.3 Å². The zero-order chi connectivity index (χ0) is 22.2. The van der Waals surface area contributed by atoms with Gasteiger partial charge in [-0.15, -0.1) is 0 Å². The number of carbonyl (C=O) groups is 1. The molecule has 0 saturated heterocycles. The van der Waals surface area contributed by atoms with Gasteiger partial charge in [0.15, 0.2) is 0 Å². The van der Waals surface area contributed by atoms with E-state index < -0.39 is 33.6 Å². The molecule has 160 valence electrons. The Balaban J connectivity index is 1.73. The van der Waals surface area contributed by atoms with Gasteiger partial charge in [0, 0.05) is 12.6 Å². The molecule has 0 radical (unpaired) electrons. The lowest BCUT2D eigenvalue weighted by Crippen LogP contribution is -2.50. The Morgan fingerprint density at radius 2 is 1.61 bits per heavy atom. The predicted molar refractivity (Wildman–Crippen MR) is 110 cm³/mol. The van der Waals surface area contributed by atoms with Crippen molar-refractivity contribution in [2.24, 2.45) is 0 Å². The zero-order valence-corrected chi connectivity index (χ0v) is 16.9. The lowest BCUT2D eigenvalue weighted by Gasteiger charge is -2.35. The number of phenols is 1. The van der Waals surface area contributed by atoms with Gasteiger partial charge >= 0.3 is 0 Å². The van der Waals surface area contributed by atoms with Crippen LogP contribution in [0, 0.1) is 11.6 Å². The van der Waals surface area contributed by atoms with Gasteiger partial charge in [-0.1, -0.05) is 24.3 Å². The number of fused-ring (bicyclic) bond motifs is 1. The molecule has 1 unspecified atom stereocenters. The van der Waals surface area contributed by atoms with Crippen LogP contribution in [0.25, 0.3) is 0 Å². The summed E-state index contributed by atoms with van der Waals surface area (Å²) in [6, 6.07) is 13.4. The highest BCUT2D eigenvalue weighted by Crippen LogP contribution is 2.31. The summed E-state index contributed by atoms with van der Waals surface area (Å²) in [7, 11) is -4.16. The van der Waals surface area contributed by atoms with E-state index in [1.807, 2.05) is 0 Å². The molecule has 0 bridgehead atoms. The predicted octanol–water partition coefficient (Wildman–Crippen LogP) is 3.42. The summed E-state index contributed by atoms with van der Waals surface area (Å²) >= 11 is 0. The summed E-state index contributed by atoms with van der Waals surface area (Å²) in [6.45, 7) is -0.0664. The van der Waals surface area contributed by atoms with Crippen LogP contribution in [0.4, 0.5) is 14.5 Å². The van der Waals surface area contributed by atoms with E-state index >= 15 is 0 Å². The Kier molecular flexibility index (Phi) is 5.47. The zero-order valence-electron chi connectivity index (χ0n) is 16.1. The van der Waals surface area contributed by atoms with Gasteiger partial charge in [-0.2, -0.15) is 4.31 Å². The molecule has 3 aromatic carbocycles. The van der Waals surface area contributed by atoms with Gasteiger partial charge in [0.2, 0.25) is 15.9 Å². The van der Waals surface area contributed by atoms with E-state index in [4.69, 9.17) is 0 Å². The molecular weight excluding hydrogens is 426 g/mol. The fourth-order valence-corrected chi connectivity index (χ4v) is 5.11. The SMILES string of the molecule is O=C(Nc1cc(F)ccc1O)C1Cc2ccccc2CN1S(=O)(=O)c1ccc(F)cc1. The van der Waals surface area contributed by atoms with Crippen molar-refractivity contribution in [3.63, 3.8) is 0 Å². The van der Waals surface area contributed by atoms with Crippen molar-refractivity contribution in [3.05, 3.63) is 89.5 Å². The minimum atomic E-state index is -4.16. The summed E-state index contributed by atoms with van der Waals surface area (Å²) < 4.78 is 54.5. The Morgan fingerprint density at radius 1 is 0.968 bits per heavy atom. The number of amides is 1. The number of hydrogen-bond acceptors (Lipinski definition) is 4. The molecule has 1 amide bonds. The fraction of sp³-hybridized carbons (Fsp3) is 0.136. The number of anilines is 1. The van der Waals surface area contributed by atoms with Crippen molar-refractivity contribution in [1.29, 1.82) is 0 Å². The number of rotatable bonds is 4. The quantitative estimate of drug-likeness (QED) is 0.604. The van der Waals surface area contributed by atoms with E-state index in [0.717, 1.165) is 57.9 Å². The van der Waals surface area contributed by atoms with E-state index in [9.17, 15) is 27.1 Å². The standard InChI is InChI=1S/C22H18F2N2O4S/c23-16-5-8-18(9-6-16)31(29,30)26-13-15-4-2-1-3-14(15)11-20(26)22(28)25-19-12-17(24)7-10-21(19)27/h1-10,12,20,27H,11,13H2,(H,25,28). The van der Waals surface area contributed by atoms with Gasteiger partial charge in [-0.25, -0.2) is 17.2 Å². The van der Waals surface area contributed by atoms with Crippen LogP contribution < -0.4 is 5.32 Å². The molecule has 1 heterocycles. The van der Waals surface area contributed by atoms with Crippen LogP contribution in [0.1, 0.15) is 11.1 Å². The maximum absolute atomic E-state index is 13.6. The first kappa shape index (κ1) is 21.0. The Labute approximate surface area is 177 Å². The van der Waals surface area contributed by atoms with Crippen molar-refractivity contribution < 1.29 is 27.1 Å². The highest BCUT2D eigenvalue weighted by molar-refractivity contribution is 7.89. The molecule has 6 nitrogen and oxygen atoms in total. The Hall–Kier alpha value is -3.30. The van der Waals surface area contributed by atoms with E-state index in [2.05, 4.69) is 5.32 Å². The highest BCUT2D eigenvalue weighted by Gasteiger charge is 2.39. The number of carbonyl (C=O) groups excluding carboxylic acids is 1. The average molecular weight is 444 g/mol. The van der Waals surface area contributed by atoms with Gasteiger partial charge in [0.1, 0.15) is 23.4 Å². The summed E-state index contributed by atoms with van der Waals surface area (Å²) in [5, 5.41) is 12.3. The molecule has 0 spiro atoms. The average Bonchev–Trinajstić information content (AvgIpc) is 2.75. The second kappa shape index (κ2) is 8.09. The molecule has 2 N–H and O–H groups in total. The minimum absolute atomic E-state index is 0.0664. The third-order valence-corrected chi connectivity index (χ3v) is 7.01. The molecule has 0 saturated carbocycles. The first-order valence-electron chi connectivity index (χ1n) is 9.39. The largest absolute Gasteiger partial charge is 0.506 e. The monoisotopic (exact) mass is 444 g/mol. The topological polar surface area (TPSA) is 86.7 Å². The van der Waals surface area contributed by atoms with Crippen molar-refractivity contribution in [1.82, 2.24) is 4.31 Å². The molecule has 31 heavy (non-hydrogen) atoms. The van der Waals surface area contributed by atoms with Crippen LogP contribution in [-0.4, -0.2) is 29.8 Å². The molecule has 0 aliphatic carbocycles. The highest BCUT2D eigenvalue weighted by atomic mass is 32.2. The van der Waals surface area contributed by atoms with Crippen molar-refractivity contribution in [2.45, 2.75) is 23.9 Å². The lowest BCUT2D eigenvalue weighted by molar-refractivity contribution is -0.120. The van der Waals surface area contributed by atoms with Gasteiger partial charge in [0.25, 0.3) is 0 Å². The van der Waals surface area contributed by atoms with Gasteiger partial charge < -0.3 is 10.4 Å². The van der Waals surface area contributed by atoms with Crippen LogP contribution in [0.3, 0.4) is 0 Å². The van der Waals surface area contributed by atoms with Gasteiger partial charge in [0.05, 0.1) is 10.6 Å². The van der Waals surface area contributed by atoms with Gasteiger partial charge in [-0.3, -0.25) is 4.79 Å². The summed E-state index contributed by atoms with van der Waals surface area (Å²) in [5.74, 6) is -2.32. The molecule has 0 fully saturated rings. The molecular formula is C22H18F2N2O4S. The normalized spacial score (nSPS) is 16.5. The number of nitrogens with zero attached hydrogens (tertiary/aromatic N) is 1. The number of sulfonamides is 1. The van der Waals surface area contributed by atoms with Crippen molar-refractivity contribution in [3.8, 4) is 5.75 Å². The number of phenolic OH excluding ortho intramolecular Hbond substituents is 1. The third kappa shape index (κ3) is 4.14. The van der Waals surface area contributed by atoms with E-state index in [0.29, 0.717) is 0 Å². The second-order valence-electron chi connectivity index (χ2n) is 7.14. The minimum Gasteiger partial charge on any atom is -0.506 e. The molecule has 1 atom stereocenters. The number of benzene rings is 3. The molecule has 3 aromatic rings. The van der Waals surface area contributed by atoms with Crippen LogP contribution in [0.5, 0.6) is 5.75 Å².